The highest BCUT2D eigenvalue weighted by Gasteiger charge is 2.36. The molecular formula is C18H24N2O5. The van der Waals surface area contributed by atoms with Gasteiger partial charge in [0.25, 0.3) is 0 Å². The number of carboxylic acids is 1. The zero-order valence-corrected chi connectivity index (χ0v) is 14.7. The van der Waals surface area contributed by atoms with Crippen LogP contribution < -0.4 is 15.0 Å². The van der Waals surface area contributed by atoms with Crippen LogP contribution in [0.1, 0.15) is 26.7 Å². The summed E-state index contributed by atoms with van der Waals surface area (Å²) >= 11 is 0. The van der Waals surface area contributed by atoms with Crippen molar-refractivity contribution in [2.45, 2.75) is 32.7 Å². The number of aliphatic carboxylic acids is 1. The minimum Gasteiger partial charge on any atom is -0.497 e. The average Bonchev–Trinajstić information content (AvgIpc) is 2.95. The Morgan fingerprint density at radius 3 is 2.48 bits per heavy atom. The van der Waals surface area contributed by atoms with Gasteiger partial charge >= 0.3 is 5.97 Å². The highest BCUT2D eigenvalue weighted by Crippen LogP contribution is 2.27. The van der Waals surface area contributed by atoms with Gasteiger partial charge in [0.15, 0.2) is 0 Å². The quantitative estimate of drug-likeness (QED) is 0.781. The first-order valence-electron chi connectivity index (χ1n) is 8.29. The third-order valence-corrected chi connectivity index (χ3v) is 4.20. The molecule has 1 aliphatic heterocycles. The summed E-state index contributed by atoms with van der Waals surface area (Å²) in [7, 11) is 1.56. The minimum atomic E-state index is -1.06. The van der Waals surface area contributed by atoms with E-state index >= 15 is 0 Å². The molecule has 0 saturated carbocycles. The molecular weight excluding hydrogens is 324 g/mol. The maximum Gasteiger partial charge on any atom is 0.326 e. The van der Waals surface area contributed by atoms with E-state index in [2.05, 4.69) is 5.32 Å². The zero-order valence-electron chi connectivity index (χ0n) is 14.7. The maximum absolute atomic E-state index is 12.4. The summed E-state index contributed by atoms with van der Waals surface area (Å²) in [5, 5.41) is 11.8. The molecule has 2 rings (SSSR count). The Balaban J connectivity index is 2.02. The number of anilines is 1. The van der Waals surface area contributed by atoms with Gasteiger partial charge in [-0.05, 0) is 36.6 Å². The van der Waals surface area contributed by atoms with Crippen molar-refractivity contribution in [2.75, 3.05) is 18.6 Å². The van der Waals surface area contributed by atoms with E-state index in [9.17, 15) is 19.5 Å². The molecule has 0 bridgehead atoms. The first-order chi connectivity index (χ1) is 11.8. The van der Waals surface area contributed by atoms with Crippen molar-refractivity contribution in [3.05, 3.63) is 24.3 Å². The summed E-state index contributed by atoms with van der Waals surface area (Å²) < 4.78 is 5.09. The second-order valence-corrected chi connectivity index (χ2v) is 6.63. The van der Waals surface area contributed by atoms with Crippen LogP contribution in [0.5, 0.6) is 5.75 Å². The second kappa shape index (κ2) is 8.00. The van der Waals surface area contributed by atoms with Gasteiger partial charge in [-0.3, -0.25) is 9.59 Å². The predicted octanol–water partition coefficient (Wildman–Crippen LogP) is 1.66. The van der Waals surface area contributed by atoms with E-state index in [1.807, 2.05) is 13.8 Å². The Kier molecular flexibility index (Phi) is 6.01. The third-order valence-electron chi connectivity index (χ3n) is 4.20. The van der Waals surface area contributed by atoms with Crippen LogP contribution in [0.4, 0.5) is 5.69 Å². The molecule has 0 aromatic heterocycles. The SMILES string of the molecule is COc1ccc(N2CC(C(=O)N[C@@H](CC(C)C)C(=O)O)CC2=O)cc1. The lowest BCUT2D eigenvalue weighted by atomic mass is 10.0. The van der Waals surface area contributed by atoms with Crippen molar-refractivity contribution < 1.29 is 24.2 Å². The number of ether oxygens (including phenoxy) is 1. The molecule has 1 fully saturated rings. The van der Waals surface area contributed by atoms with E-state index in [0.29, 0.717) is 17.9 Å². The van der Waals surface area contributed by atoms with E-state index < -0.39 is 23.8 Å². The number of benzene rings is 1. The van der Waals surface area contributed by atoms with Gasteiger partial charge in [0, 0.05) is 18.7 Å². The summed E-state index contributed by atoms with van der Waals surface area (Å²) in [5.74, 6) is -1.33. The number of carbonyl (C=O) groups is 3. The van der Waals surface area contributed by atoms with E-state index in [4.69, 9.17) is 4.74 Å². The number of carboxylic acid groups (broad SMARTS) is 1. The van der Waals surface area contributed by atoms with Gasteiger partial charge in [0.2, 0.25) is 11.8 Å². The number of carbonyl (C=O) groups excluding carboxylic acids is 2. The number of methoxy groups -OCH3 is 1. The molecule has 0 spiro atoms. The molecule has 1 unspecified atom stereocenters. The van der Waals surface area contributed by atoms with E-state index in [1.54, 1.807) is 36.3 Å². The molecule has 2 amide bonds. The normalized spacial score (nSPS) is 18.3. The first-order valence-corrected chi connectivity index (χ1v) is 8.29. The van der Waals surface area contributed by atoms with Crippen LogP contribution in [0, 0.1) is 11.8 Å². The van der Waals surface area contributed by atoms with Crippen molar-refractivity contribution in [3.63, 3.8) is 0 Å². The van der Waals surface area contributed by atoms with Gasteiger partial charge in [0.05, 0.1) is 13.0 Å². The molecule has 7 heteroatoms. The molecule has 1 aromatic rings. The van der Waals surface area contributed by atoms with Crippen LogP contribution in [-0.4, -0.2) is 42.6 Å². The van der Waals surface area contributed by atoms with Crippen molar-refractivity contribution in [2.24, 2.45) is 11.8 Å². The van der Waals surface area contributed by atoms with Gasteiger partial charge in [-0.25, -0.2) is 4.79 Å². The van der Waals surface area contributed by atoms with Crippen LogP contribution in [0.3, 0.4) is 0 Å². The summed E-state index contributed by atoms with van der Waals surface area (Å²) in [5.41, 5.74) is 0.693. The van der Waals surface area contributed by atoms with Gasteiger partial charge in [-0.1, -0.05) is 13.8 Å². The summed E-state index contributed by atoms with van der Waals surface area (Å²) in [6.45, 7) is 4.03. The first kappa shape index (κ1) is 18.8. The molecule has 7 nitrogen and oxygen atoms in total. The molecule has 0 radical (unpaired) electrons. The smallest absolute Gasteiger partial charge is 0.326 e. The van der Waals surface area contributed by atoms with Gasteiger partial charge in [-0.2, -0.15) is 0 Å². The molecule has 2 N–H and O–H groups in total. The van der Waals surface area contributed by atoms with Crippen LogP contribution >= 0.6 is 0 Å². The summed E-state index contributed by atoms with van der Waals surface area (Å²) in [6, 6.07) is 6.08. The topological polar surface area (TPSA) is 95.9 Å². The predicted molar refractivity (Wildman–Crippen MR) is 92.5 cm³/mol. The lowest BCUT2D eigenvalue weighted by molar-refractivity contribution is -0.142. The van der Waals surface area contributed by atoms with Crippen molar-refractivity contribution in [1.82, 2.24) is 5.32 Å². The molecule has 1 aliphatic rings. The molecule has 136 valence electrons. The third kappa shape index (κ3) is 4.71. The molecule has 1 aromatic carbocycles. The van der Waals surface area contributed by atoms with E-state index in [-0.39, 0.29) is 24.8 Å². The highest BCUT2D eigenvalue weighted by molar-refractivity contribution is 6.00. The van der Waals surface area contributed by atoms with Gasteiger partial charge in [-0.15, -0.1) is 0 Å². The summed E-state index contributed by atoms with van der Waals surface area (Å²) in [6.07, 6.45) is 0.426. The van der Waals surface area contributed by atoms with Crippen molar-refractivity contribution in [3.8, 4) is 5.75 Å². The number of hydrogen-bond acceptors (Lipinski definition) is 4. The van der Waals surface area contributed by atoms with Crippen LogP contribution in [0.15, 0.2) is 24.3 Å². The van der Waals surface area contributed by atoms with Gasteiger partial charge < -0.3 is 20.1 Å². The number of rotatable bonds is 7. The fraction of sp³-hybridized carbons (Fsp3) is 0.500. The molecule has 1 heterocycles. The molecule has 25 heavy (non-hydrogen) atoms. The Labute approximate surface area is 147 Å². The molecule has 0 aliphatic carbocycles. The standard InChI is InChI=1S/C18H24N2O5/c1-11(2)8-15(18(23)24)19-17(22)12-9-16(21)20(10-12)13-4-6-14(25-3)7-5-13/h4-7,11-12,15H,8-10H2,1-3H3,(H,19,22)(H,23,24)/t12?,15-/m0/s1. The molecule has 2 atom stereocenters. The average molecular weight is 348 g/mol. The number of nitrogens with zero attached hydrogens (tertiary/aromatic N) is 1. The Hall–Kier alpha value is -2.57. The maximum atomic E-state index is 12.4. The number of amides is 2. The lowest BCUT2D eigenvalue weighted by Crippen LogP contribution is -2.44. The largest absolute Gasteiger partial charge is 0.497 e. The lowest BCUT2D eigenvalue weighted by Gasteiger charge is -2.19. The molecule has 1 saturated heterocycles. The van der Waals surface area contributed by atoms with Crippen molar-refractivity contribution in [1.29, 1.82) is 0 Å². The number of hydrogen-bond donors (Lipinski definition) is 2. The van der Waals surface area contributed by atoms with Crippen LogP contribution in [-0.2, 0) is 14.4 Å². The highest BCUT2D eigenvalue weighted by atomic mass is 16.5. The van der Waals surface area contributed by atoms with Crippen molar-refractivity contribution >= 4 is 23.5 Å². The van der Waals surface area contributed by atoms with Crippen LogP contribution in [0.2, 0.25) is 0 Å². The fourth-order valence-electron chi connectivity index (χ4n) is 2.88. The summed E-state index contributed by atoms with van der Waals surface area (Å²) in [4.78, 5) is 37.5. The van der Waals surface area contributed by atoms with E-state index in [1.165, 1.54) is 0 Å². The zero-order chi connectivity index (χ0) is 18.6. The fourth-order valence-corrected chi connectivity index (χ4v) is 2.88. The minimum absolute atomic E-state index is 0.0753. The van der Waals surface area contributed by atoms with Crippen LogP contribution in [0.25, 0.3) is 0 Å². The Bertz CT molecular complexity index is 641. The second-order valence-electron chi connectivity index (χ2n) is 6.63. The Morgan fingerprint density at radius 1 is 1.32 bits per heavy atom. The van der Waals surface area contributed by atoms with Gasteiger partial charge in [0.1, 0.15) is 11.8 Å². The van der Waals surface area contributed by atoms with E-state index in [0.717, 1.165) is 0 Å². The Morgan fingerprint density at radius 2 is 1.96 bits per heavy atom. The monoisotopic (exact) mass is 348 g/mol. The number of nitrogens with one attached hydrogen (secondary N) is 1.